The first-order valence-corrected chi connectivity index (χ1v) is 13.5. The number of hydrogen-bond donors (Lipinski definition) is 5. The normalized spacial score (nSPS) is 24.9. The molecule has 1 aliphatic heterocycles. The Kier molecular flexibility index (Phi) is 8.48. The highest BCUT2D eigenvalue weighted by molar-refractivity contribution is 7.70. The predicted molar refractivity (Wildman–Crippen MR) is 115 cm³/mol. The molecule has 194 valence electrons. The molecule has 35 heavy (non-hydrogen) atoms. The number of benzene rings is 1. The number of hydrogen-bond acceptors (Lipinski definition) is 9. The molecule has 1 aromatic heterocycles. The number of ether oxygens (including phenoxy) is 1. The average Bonchev–Trinajstić information content (AvgIpc) is 3.03. The fourth-order valence-electron chi connectivity index (χ4n) is 3.19. The summed E-state index contributed by atoms with van der Waals surface area (Å²) in [6.07, 6.45) is -4.86. The maximum atomic E-state index is 13.0. The number of rotatable bonds is 9. The molecule has 1 aromatic carbocycles. The van der Waals surface area contributed by atoms with Crippen LogP contribution in [0.1, 0.15) is 11.8 Å². The van der Waals surface area contributed by atoms with Crippen LogP contribution >= 0.6 is 15.2 Å². The van der Waals surface area contributed by atoms with Gasteiger partial charge in [-0.05, 0) is 17.7 Å². The molecule has 2 aromatic rings. The third-order valence-electron chi connectivity index (χ3n) is 4.95. The van der Waals surface area contributed by atoms with Gasteiger partial charge in [0.2, 0.25) is 0 Å². The van der Waals surface area contributed by atoms with Crippen molar-refractivity contribution in [1.82, 2.24) is 9.13 Å². The van der Waals surface area contributed by atoms with Gasteiger partial charge in [0.1, 0.15) is 30.7 Å². The lowest BCUT2D eigenvalue weighted by molar-refractivity contribution is -0.0530. The third-order valence-corrected chi connectivity index (χ3v) is 8.41. The zero-order valence-electron chi connectivity index (χ0n) is 18.2. The van der Waals surface area contributed by atoms with E-state index in [9.17, 15) is 33.4 Å². The standard InChI is InChI=1S/C18H24FN3O11P2/c1-21-14(20-31-8-11-2-4-12(19)5-3-11)6-7-22(18(21)25)17-16(24)15(23)13(33-17)9-32-35(29,30)10-34(26,27)28/h2-7,13,15-17,23-24H,8-10H2,1H3,(H,29,30)(H2,26,27,28)/b20-14-/t13-,15-,16-,17-/m1/s1. The van der Waals surface area contributed by atoms with Crippen LogP contribution in [0.5, 0.6) is 0 Å². The van der Waals surface area contributed by atoms with E-state index in [1.165, 1.54) is 43.6 Å². The van der Waals surface area contributed by atoms with Crippen molar-refractivity contribution in [2.24, 2.45) is 12.2 Å². The second kappa shape index (κ2) is 10.8. The van der Waals surface area contributed by atoms with E-state index in [4.69, 9.17) is 19.4 Å². The minimum absolute atomic E-state index is 0.0123. The Hall–Kier alpha value is -2.19. The first kappa shape index (κ1) is 27.4. The smallest absolute Gasteiger partial charge is 0.340 e. The number of halogens is 1. The number of aliphatic hydroxyl groups excluding tert-OH is 2. The Bertz CT molecular complexity index is 1260. The van der Waals surface area contributed by atoms with Gasteiger partial charge in [-0.3, -0.25) is 18.3 Å². The summed E-state index contributed by atoms with van der Waals surface area (Å²) in [5, 5.41) is 24.4. The van der Waals surface area contributed by atoms with Crippen molar-refractivity contribution >= 4 is 15.2 Å². The molecule has 1 fully saturated rings. The van der Waals surface area contributed by atoms with Gasteiger partial charge in [-0.2, -0.15) is 0 Å². The molecule has 1 saturated heterocycles. The molecule has 0 spiro atoms. The second-order valence-corrected chi connectivity index (χ2v) is 11.7. The van der Waals surface area contributed by atoms with E-state index in [-0.39, 0.29) is 12.1 Å². The quantitative estimate of drug-likeness (QED) is 0.199. The zero-order chi connectivity index (χ0) is 26.0. The van der Waals surface area contributed by atoms with Crippen LogP contribution in [0.2, 0.25) is 0 Å². The van der Waals surface area contributed by atoms with Gasteiger partial charge in [-0.25, -0.2) is 9.18 Å². The molecule has 0 radical (unpaired) electrons. The molecule has 1 aliphatic rings. The van der Waals surface area contributed by atoms with E-state index < -0.39 is 63.7 Å². The Labute approximate surface area is 197 Å². The van der Waals surface area contributed by atoms with Crippen molar-refractivity contribution in [1.29, 1.82) is 0 Å². The van der Waals surface area contributed by atoms with Gasteiger partial charge in [0, 0.05) is 19.3 Å². The summed E-state index contributed by atoms with van der Waals surface area (Å²) in [5.41, 5.74) is 0.0211. The first-order valence-electron chi connectivity index (χ1n) is 9.98. The molecule has 2 heterocycles. The fourth-order valence-corrected chi connectivity index (χ4v) is 5.76. The molecule has 5 atom stereocenters. The number of nitrogens with zero attached hydrogens (tertiary/aromatic N) is 3. The Morgan fingerprint density at radius 2 is 1.77 bits per heavy atom. The zero-order valence-corrected chi connectivity index (χ0v) is 20.0. The second-order valence-electron chi connectivity index (χ2n) is 7.70. The van der Waals surface area contributed by atoms with Crippen LogP contribution in [0.3, 0.4) is 0 Å². The van der Waals surface area contributed by atoms with Crippen molar-refractivity contribution in [3.63, 3.8) is 0 Å². The summed E-state index contributed by atoms with van der Waals surface area (Å²) >= 11 is 0. The molecule has 3 rings (SSSR count). The number of aromatic nitrogens is 2. The highest BCUT2D eigenvalue weighted by Crippen LogP contribution is 2.55. The number of aliphatic hydroxyl groups is 2. The van der Waals surface area contributed by atoms with Crippen LogP contribution < -0.4 is 11.2 Å². The lowest BCUT2D eigenvalue weighted by Crippen LogP contribution is -2.42. The van der Waals surface area contributed by atoms with Crippen LogP contribution in [0.15, 0.2) is 46.5 Å². The maximum Gasteiger partial charge on any atom is 0.340 e. The SMILES string of the molecule is Cn1c(=O)n([C@@H]2O[C@H](COP(=O)(O)CP(=O)(O)O)[C@@H](O)[C@H]2O)cc/c1=N/OCc1ccc(F)cc1. The van der Waals surface area contributed by atoms with Crippen molar-refractivity contribution in [2.75, 3.05) is 12.5 Å². The van der Waals surface area contributed by atoms with Crippen LogP contribution in [-0.2, 0) is 36.9 Å². The predicted octanol–water partition coefficient (Wildman–Crippen LogP) is -0.685. The van der Waals surface area contributed by atoms with E-state index in [0.29, 0.717) is 5.56 Å². The van der Waals surface area contributed by atoms with Gasteiger partial charge >= 0.3 is 20.9 Å². The molecule has 17 heteroatoms. The van der Waals surface area contributed by atoms with Crippen LogP contribution in [-0.4, -0.2) is 64.8 Å². The molecule has 14 nitrogen and oxygen atoms in total. The highest BCUT2D eigenvalue weighted by Gasteiger charge is 2.45. The van der Waals surface area contributed by atoms with Gasteiger partial charge < -0.3 is 39.0 Å². The highest BCUT2D eigenvalue weighted by atomic mass is 31.2. The monoisotopic (exact) mass is 539 g/mol. The average molecular weight is 539 g/mol. The minimum Gasteiger partial charge on any atom is -0.389 e. The molecular weight excluding hydrogens is 515 g/mol. The first-order chi connectivity index (χ1) is 16.3. The van der Waals surface area contributed by atoms with Gasteiger partial charge in [-0.15, -0.1) is 0 Å². The molecule has 0 bridgehead atoms. The summed E-state index contributed by atoms with van der Waals surface area (Å²) in [5.74, 6) is -1.83. The van der Waals surface area contributed by atoms with Gasteiger partial charge in [0.15, 0.2) is 17.6 Å². The molecule has 5 N–H and O–H groups in total. The summed E-state index contributed by atoms with van der Waals surface area (Å²) in [6.45, 7) is -0.771. The molecule has 1 unspecified atom stereocenters. The van der Waals surface area contributed by atoms with E-state index in [0.717, 1.165) is 9.13 Å². The lowest BCUT2D eigenvalue weighted by atomic mass is 10.1. The molecule has 0 amide bonds. The Balaban J connectivity index is 1.70. The minimum atomic E-state index is -4.85. The van der Waals surface area contributed by atoms with E-state index in [1.807, 2.05) is 0 Å². The molecular formula is C18H24FN3O11P2. The van der Waals surface area contributed by atoms with E-state index in [2.05, 4.69) is 9.68 Å². The van der Waals surface area contributed by atoms with Gasteiger partial charge in [-0.1, -0.05) is 17.3 Å². The van der Waals surface area contributed by atoms with Gasteiger partial charge in [0.05, 0.1) is 6.61 Å². The summed E-state index contributed by atoms with van der Waals surface area (Å²) in [6, 6.07) is 6.90. The molecule has 0 aliphatic carbocycles. The van der Waals surface area contributed by atoms with E-state index in [1.54, 1.807) is 0 Å². The maximum absolute atomic E-state index is 13.0. The van der Waals surface area contributed by atoms with Crippen LogP contribution in [0, 0.1) is 5.82 Å². The summed E-state index contributed by atoms with van der Waals surface area (Å²) < 4.78 is 47.8. The van der Waals surface area contributed by atoms with Gasteiger partial charge in [0.25, 0.3) is 0 Å². The lowest BCUT2D eigenvalue weighted by Gasteiger charge is -2.19. The summed E-state index contributed by atoms with van der Waals surface area (Å²) in [4.78, 5) is 45.2. The van der Waals surface area contributed by atoms with Crippen molar-refractivity contribution in [2.45, 2.75) is 31.1 Å². The van der Waals surface area contributed by atoms with Crippen LogP contribution in [0.25, 0.3) is 0 Å². The summed E-state index contributed by atoms with van der Waals surface area (Å²) in [7, 11) is -8.21. The Morgan fingerprint density at radius 3 is 2.40 bits per heavy atom. The van der Waals surface area contributed by atoms with Crippen molar-refractivity contribution in [3.8, 4) is 0 Å². The van der Waals surface area contributed by atoms with Crippen molar-refractivity contribution in [3.05, 3.63) is 63.9 Å². The topological polar surface area (TPSA) is 202 Å². The Morgan fingerprint density at radius 1 is 1.11 bits per heavy atom. The van der Waals surface area contributed by atoms with Crippen molar-refractivity contribution < 1.29 is 52.5 Å². The van der Waals surface area contributed by atoms with Crippen LogP contribution in [0.4, 0.5) is 4.39 Å². The largest absolute Gasteiger partial charge is 0.389 e. The fraction of sp³-hybridized carbons (Fsp3) is 0.444. The third kappa shape index (κ3) is 7.17. The molecule has 0 saturated carbocycles. The van der Waals surface area contributed by atoms with E-state index >= 15 is 0 Å².